The number of para-hydroxylation sites is 1. The van der Waals surface area contributed by atoms with E-state index >= 15 is 0 Å². The lowest BCUT2D eigenvalue weighted by molar-refractivity contribution is -0.141. The first-order valence-electron chi connectivity index (χ1n) is 10.3. The average Bonchev–Trinajstić information content (AvgIpc) is 2.91. The number of anilines is 1. The summed E-state index contributed by atoms with van der Waals surface area (Å²) in [4.78, 5) is 54.2. The Hall–Kier alpha value is -3.04. The van der Waals surface area contributed by atoms with E-state index in [0.717, 1.165) is 41.2 Å². The van der Waals surface area contributed by atoms with Gasteiger partial charge in [-0.2, -0.15) is 0 Å². The number of nitrogens with one attached hydrogen (secondary N) is 1. The minimum atomic E-state index is -0.934. The first-order chi connectivity index (χ1) is 14.7. The lowest BCUT2D eigenvalue weighted by Gasteiger charge is -2.35. The highest BCUT2D eigenvalue weighted by Crippen LogP contribution is 2.39. The van der Waals surface area contributed by atoms with Crippen molar-refractivity contribution in [1.82, 2.24) is 14.7 Å². The third-order valence-electron chi connectivity index (χ3n) is 6.07. The minimum Gasteiger partial charge on any atom is -0.332 e. The molecule has 0 aromatic heterocycles. The van der Waals surface area contributed by atoms with Crippen LogP contribution in [0.25, 0.3) is 0 Å². The predicted molar refractivity (Wildman–Crippen MR) is 108 cm³/mol. The minimum absolute atomic E-state index is 0.114. The number of nitrogens with zero attached hydrogens (tertiary/aromatic N) is 3. The van der Waals surface area contributed by atoms with Crippen LogP contribution in [0.1, 0.15) is 39.0 Å². The zero-order valence-corrected chi connectivity index (χ0v) is 17.6. The number of likely N-dealkylation sites (N-methyl/N-ethyl adjacent to an activating group) is 2. The average molecular weight is 436 g/mol. The number of carbonyl (C=O) groups is 4. The molecule has 1 heterocycles. The van der Waals surface area contributed by atoms with Gasteiger partial charge < -0.3 is 15.1 Å². The molecule has 31 heavy (non-hydrogen) atoms. The fourth-order valence-electron chi connectivity index (χ4n) is 4.25. The molecule has 10 heteroatoms. The fraction of sp³-hybridized carbons (Fsp3) is 0.524. The lowest BCUT2D eigenvalue weighted by Crippen LogP contribution is -2.50. The van der Waals surface area contributed by atoms with Gasteiger partial charge in [0.2, 0.25) is 11.8 Å². The number of amides is 5. The van der Waals surface area contributed by atoms with Gasteiger partial charge in [-0.1, -0.05) is 25.3 Å². The normalized spacial score (nSPS) is 17.9. The zero-order valence-electron chi connectivity index (χ0n) is 17.6. The third kappa shape index (κ3) is 4.24. The van der Waals surface area contributed by atoms with Crippen molar-refractivity contribution in [2.75, 3.05) is 32.0 Å². The number of rotatable bonds is 6. The zero-order chi connectivity index (χ0) is 22.8. The fourth-order valence-corrected chi connectivity index (χ4v) is 4.25. The maximum absolute atomic E-state index is 13.7. The van der Waals surface area contributed by atoms with Gasteiger partial charge in [-0.15, -0.1) is 0 Å². The number of benzene rings is 1. The summed E-state index contributed by atoms with van der Waals surface area (Å²) in [5.41, 5.74) is -1.49. The Morgan fingerprint density at radius 3 is 2.32 bits per heavy atom. The van der Waals surface area contributed by atoms with Gasteiger partial charge in [0.1, 0.15) is 29.4 Å². The molecule has 2 aliphatic rings. The maximum atomic E-state index is 13.7. The Labute approximate surface area is 179 Å². The molecule has 1 saturated heterocycles. The number of carbonyl (C=O) groups excluding carboxylic acids is 4. The maximum Gasteiger partial charge on any atom is 0.327 e. The van der Waals surface area contributed by atoms with Crippen molar-refractivity contribution in [3.05, 3.63) is 29.8 Å². The summed E-state index contributed by atoms with van der Waals surface area (Å²) in [6.45, 7) is 0.777. The van der Waals surface area contributed by atoms with E-state index in [9.17, 15) is 28.0 Å². The molecule has 168 valence electrons. The van der Waals surface area contributed by atoms with Crippen LogP contribution in [0.4, 0.5) is 19.3 Å². The van der Waals surface area contributed by atoms with Crippen molar-refractivity contribution in [2.45, 2.75) is 44.6 Å². The molecule has 1 aliphatic heterocycles. The van der Waals surface area contributed by atoms with Gasteiger partial charge in [-0.3, -0.25) is 19.3 Å². The van der Waals surface area contributed by atoms with Crippen LogP contribution in [-0.2, 0) is 14.4 Å². The number of urea groups is 1. The second-order valence-corrected chi connectivity index (χ2v) is 7.88. The number of hydrogen-bond donors (Lipinski definition) is 1. The number of halogens is 2. The topological polar surface area (TPSA) is 90.0 Å². The first-order valence-corrected chi connectivity index (χ1v) is 10.3. The van der Waals surface area contributed by atoms with Crippen molar-refractivity contribution < 1.29 is 28.0 Å². The highest BCUT2D eigenvalue weighted by atomic mass is 19.1. The van der Waals surface area contributed by atoms with Crippen molar-refractivity contribution in [1.29, 1.82) is 0 Å². The molecular weight excluding hydrogens is 410 g/mol. The van der Waals surface area contributed by atoms with Crippen molar-refractivity contribution in [2.24, 2.45) is 0 Å². The quantitative estimate of drug-likeness (QED) is 0.694. The van der Waals surface area contributed by atoms with Gasteiger partial charge >= 0.3 is 6.03 Å². The van der Waals surface area contributed by atoms with E-state index in [4.69, 9.17) is 0 Å². The molecular formula is C21H26F2N4O4. The summed E-state index contributed by atoms with van der Waals surface area (Å²) in [6, 6.07) is 2.64. The summed E-state index contributed by atoms with van der Waals surface area (Å²) in [6.07, 6.45) is 3.79. The Bertz CT molecular complexity index is 881. The first kappa shape index (κ1) is 22.6. The molecule has 1 aromatic rings. The number of imide groups is 1. The molecule has 1 aliphatic carbocycles. The molecule has 3 rings (SSSR count). The highest BCUT2D eigenvalue weighted by molar-refractivity contribution is 6.09. The molecule has 1 N–H and O–H groups in total. The van der Waals surface area contributed by atoms with E-state index in [-0.39, 0.29) is 12.5 Å². The second-order valence-electron chi connectivity index (χ2n) is 7.88. The molecule has 0 atom stereocenters. The Kier molecular flexibility index (Phi) is 6.56. The van der Waals surface area contributed by atoms with Crippen LogP contribution in [0.5, 0.6) is 0 Å². The molecule has 8 nitrogen and oxygen atoms in total. The largest absolute Gasteiger partial charge is 0.332 e. The van der Waals surface area contributed by atoms with E-state index in [1.807, 2.05) is 0 Å². The van der Waals surface area contributed by atoms with Gasteiger partial charge in [0, 0.05) is 13.6 Å². The van der Waals surface area contributed by atoms with E-state index in [2.05, 4.69) is 5.32 Å². The summed E-state index contributed by atoms with van der Waals surface area (Å²) in [5.74, 6) is -3.65. The van der Waals surface area contributed by atoms with Crippen LogP contribution < -0.4 is 5.32 Å². The third-order valence-corrected chi connectivity index (χ3v) is 6.07. The SMILES string of the molecule is CCN(CC(=O)Nc1c(F)cccc1F)C(=O)CN1C(=O)N(C)C2(CCCCC2)C1=O. The van der Waals surface area contributed by atoms with Gasteiger partial charge in [0.15, 0.2) is 0 Å². The van der Waals surface area contributed by atoms with Crippen LogP contribution in [-0.4, -0.2) is 70.7 Å². The summed E-state index contributed by atoms with van der Waals surface area (Å²) < 4.78 is 27.5. The van der Waals surface area contributed by atoms with Crippen molar-refractivity contribution >= 4 is 29.4 Å². The molecule has 2 fully saturated rings. The van der Waals surface area contributed by atoms with Gasteiger partial charge in [-0.25, -0.2) is 13.6 Å². The Morgan fingerprint density at radius 2 is 1.74 bits per heavy atom. The standard InChI is InChI=1S/C21H26F2N4O4/c1-3-26(12-16(28)24-18-14(22)8-7-9-15(18)23)17(29)13-27-19(30)21(25(2)20(27)31)10-5-4-6-11-21/h7-9H,3-6,10-13H2,1-2H3,(H,24,28). The van der Waals surface area contributed by atoms with Crippen molar-refractivity contribution in [3.8, 4) is 0 Å². The second kappa shape index (κ2) is 8.99. The molecule has 1 aromatic carbocycles. The van der Waals surface area contributed by atoms with E-state index in [0.29, 0.717) is 12.8 Å². The predicted octanol–water partition coefficient (Wildman–Crippen LogP) is 2.35. The van der Waals surface area contributed by atoms with Crippen molar-refractivity contribution in [3.63, 3.8) is 0 Å². The molecule has 0 unspecified atom stereocenters. The molecule has 1 spiro atoms. The lowest BCUT2D eigenvalue weighted by atomic mass is 9.81. The van der Waals surface area contributed by atoms with Crippen LogP contribution in [0.15, 0.2) is 18.2 Å². The van der Waals surface area contributed by atoms with E-state index in [1.165, 1.54) is 11.0 Å². The summed E-state index contributed by atoms with van der Waals surface area (Å²) in [5, 5.41) is 2.12. The molecule has 1 saturated carbocycles. The van der Waals surface area contributed by atoms with E-state index < -0.39 is 53.8 Å². The van der Waals surface area contributed by atoms with E-state index in [1.54, 1.807) is 14.0 Å². The number of hydrogen-bond acceptors (Lipinski definition) is 4. The van der Waals surface area contributed by atoms with Gasteiger partial charge in [0.25, 0.3) is 5.91 Å². The Morgan fingerprint density at radius 1 is 1.13 bits per heavy atom. The van der Waals surface area contributed by atoms with Gasteiger partial charge in [0.05, 0.1) is 6.54 Å². The molecule has 0 bridgehead atoms. The van der Waals surface area contributed by atoms with Crippen LogP contribution >= 0.6 is 0 Å². The summed E-state index contributed by atoms with van der Waals surface area (Å²) >= 11 is 0. The van der Waals surface area contributed by atoms with Crippen LogP contribution in [0.2, 0.25) is 0 Å². The van der Waals surface area contributed by atoms with Crippen LogP contribution in [0.3, 0.4) is 0 Å². The molecule has 0 radical (unpaired) electrons. The van der Waals surface area contributed by atoms with Crippen LogP contribution in [0, 0.1) is 11.6 Å². The smallest absolute Gasteiger partial charge is 0.327 e. The highest BCUT2D eigenvalue weighted by Gasteiger charge is 2.56. The monoisotopic (exact) mass is 436 g/mol. The van der Waals surface area contributed by atoms with Gasteiger partial charge in [-0.05, 0) is 31.9 Å². The summed E-state index contributed by atoms with van der Waals surface area (Å²) in [7, 11) is 1.57. The molecule has 5 amide bonds. The Balaban J connectivity index is 1.66.